The average molecular weight is 1120 g/mol. The summed E-state index contributed by atoms with van der Waals surface area (Å²) in [6.07, 6.45) is 3.41. The standard InChI is InChI=1S/C3H3Cl5.C3H4Cl4.2C3H3Cl3.Cl2.7ClH.2Fe/c4-1-2(5)3(6,7)8;4-2-1-3(5,6)7;2*4-2-1-3(5)6;1-2;;;;;;;;;/h2H,1H2;1-2H2;2*1H,2H2;;7*1H;;/q;;;;;;;;;;;;2*+3/p-6. The monoisotopic (exact) mass is 1110 g/mol. The van der Waals surface area contributed by atoms with Gasteiger partial charge in [0.25, 0.3) is 0 Å². The maximum atomic E-state index is 5.41. The molecule has 0 aliphatic carbocycles. The van der Waals surface area contributed by atoms with E-state index in [1.165, 1.54) is 12.2 Å². The number of hydrogen-bond donors (Lipinski definition) is 0. The quantitative estimate of drug-likeness (QED) is 0.194. The molecule has 0 saturated heterocycles. The number of alkyl halides is 11. The van der Waals surface area contributed by atoms with Gasteiger partial charge in [-0.3, -0.25) is 0 Å². The molecular weight excluding hydrogens is 1110 g/mol. The molecule has 0 N–H and O–H groups in total. The van der Waals surface area contributed by atoms with Crippen molar-refractivity contribution in [1.29, 1.82) is 0 Å². The predicted octanol–water partition coefficient (Wildman–Crippen LogP) is 17.2. The summed E-state index contributed by atoms with van der Waals surface area (Å²) in [4.78, 5) is 0. The second kappa shape index (κ2) is 48.9. The Bertz CT molecular complexity index is 425. The van der Waals surface area contributed by atoms with Crippen LogP contribution in [0, 0.1) is 0 Å². The van der Waals surface area contributed by atoms with Gasteiger partial charge >= 0.3 is 82.9 Å². The summed E-state index contributed by atoms with van der Waals surface area (Å²) in [6, 6.07) is 0. The normalized spacial score (nSPS) is 10.6. The van der Waals surface area contributed by atoms with Crippen LogP contribution in [0.4, 0.5) is 0 Å². The fourth-order valence-electron chi connectivity index (χ4n) is 0.311. The van der Waals surface area contributed by atoms with Gasteiger partial charge in [0.1, 0.15) is 8.98 Å². The maximum absolute atomic E-state index is 5.41. The molecule has 0 aromatic carbocycles. The first-order chi connectivity index (χ1) is 16.5. The number of halogens is 24. The van der Waals surface area contributed by atoms with Crippen LogP contribution in [-0.2, 0) is 22.3 Å². The Balaban J connectivity index is -0.0000000472. The fourth-order valence-corrected chi connectivity index (χ4v) is 2.80. The van der Waals surface area contributed by atoms with E-state index in [0.717, 1.165) is 0 Å². The van der Waals surface area contributed by atoms with Crippen molar-refractivity contribution in [3.05, 3.63) is 21.1 Å². The van der Waals surface area contributed by atoms with E-state index in [4.69, 9.17) is 235 Å². The fraction of sp³-hybridized carbons (Fsp3) is 0.667. The molecule has 1 atom stereocenters. The molecule has 0 aromatic rings. The van der Waals surface area contributed by atoms with E-state index in [9.17, 15) is 0 Å². The summed E-state index contributed by atoms with van der Waals surface area (Å²) in [5, 5.41) is -0.617. The van der Waals surface area contributed by atoms with Crippen LogP contribution in [0.25, 0.3) is 0 Å². The van der Waals surface area contributed by atoms with Crippen molar-refractivity contribution in [1.82, 2.24) is 0 Å². The summed E-state index contributed by atoms with van der Waals surface area (Å²) in [5.41, 5.74) is 0. The van der Waals surface area contributed by atoms with Gasteiger partial charge in [-0.1, -0.05) is 116 Å². The first kappa shape index (κ1) is 64.1. The van der Waals surface area contributed by atoms with E-state index in [2.05, 4.69) is 21.7 Å². The van der Waals surface area contributed by atoms with E-state index in [1.807, 2.05) is 0 Å². The molecule has 0 fully saturated rings. The topological polar surface area (TPSA) is 0 Å². The predicted molar refractivity (Wildman–Crippen MR) is 191 cm³/mol. The van der Waals surface area contributed by atoms with Gasteiger partial charge in [-0.2, -0.15) is 0 Å². The SMILES string of the molecule is Cl.ClCC(Cl)C(Cl)(Cl)Cl.ClCC=C(Cl)Cl.ClCC=C(Cl)Cl.ClCCC(Cl)(Cl)Cl.ClCl.[Cl][Fe]([Cl])[Cl].[Cl][Fe]([Cl])[Cl]. The van der Waals surface area contributed by atoms with Gasteiger partial charge in [0.2, 0.25) is 3.79 Å². The third kappa shape index (κ3) is 121. The van der Waals surface area contributed by atoms with Crippen molar-refractivity contribution in [2.75, 3.05) is 23.5 Å². The molecule has 38 heavy (non-hydrogen) atoms. The van der Waals surface area contributed by atoms with E-state index in [1.54, 1.807) is 0 Å². The van der Waals surface area contributed by atoms with Gasteiger partial charge in [0.05, 0.1) is 5.38 Å². The Morgan fingerprint density at radius 2 is 0.868 bits per heavy atom. The first-order valence-corrected chi connectivity index (χ1v) is 23.7. The second-order valence-corrected chi connectivity index (χ2v) is 23.5. The molecule has 0 bridgehead atoms. The van der Waals surface area contributed by atoms with Gasteiger partial charge in [-0.25, -0.2) is 0 Å². The van der Waals surface area contributed by atoms with Crippen molar-refractivity contribution in [2.45, 2.75) is 19.4 Å². The van der Waals surface area contributed by atoms with Crippen molar-refractivity contribution < 1.29 is 22.3 Å². The van der Waals surface area contributed by atoms with E-state index < -0.39 is 35.3 Å². The Morgan fingerprint density at radius 3 is 0.868 bits per heavy atom. The van der Waals surface area contributed by atoms with Gasteiger partial charge < -0.3 is 0 Å². The molecule has 26 heteroatoms. The summed E-state index contributed by atoms with van der Waals surface area (Å²) in [5.74, 6) is 1.28. The molecule has 1 unspecified atom stereocenters. The van der Waals surface area contributed by atoms with Crippen LogP contribution in [0.15, 0.2) is 21.1 Å². The van der Waals surface area contributed by atoms with Crippen LogP contribution in [0.1, 0.15) is 6.42 Å². The molecule has 0 rings (SSSR count). The second-order valence-electron chi connectivity index (χ2n) is 3.82. The molecule has 0 spiro atoms. The molecular formula is C12H14Cl24Fe2. The number of rotatable bonds is 4. The van der Waals surface area contributed by atoms with Crippen molar-refractivity contribution >= 4 is 269 Å². The number of allylic oxidation sites excluding steroid dienone is 2. The molecule has 0 amide bonds. The average Bonchev–Trinajstić information content (AvgIpc) is 2.67. The molecule has 0 aliphatic rings. The zero-order valence-electron chi connectivity index (χ0n) is 17.1. The van der Waals surface area contributed by atoms with E-state index in [0.29, 0.717) is 24.1 Å². The summed E-state index contributed by atoms with van der Waals surface area (Å²) in [6.45, 7) is 0. The molecule has 246 valence electrons. The van der Waals surface area contributed by atoms with E-state index in [-0.39, 0.29) is 27.3 Å². The van der Waals surface area contributed by atoms with Crippen LogP contribution in [0.5, 0.6) is 0 Å². The van der Waals surface area contributed by atoms with Gasteiger partial charge in [-0.05, 0) is 12.2 Å². The Morgan fingerprint density at radius 1 is 0.632 bits per heavy atom. The molecule has 0 nitrogen and oxygen atoms in total. The van der Waals surface area contributed by atoms with Crippen LogP contribution in [-0.4, -0.2) is 36.5 Å². The van der Waals surface area contributed by atoms with Crippen molar-refractivity contribution in [3.63, 3.8) is 0 Å². The minimum absolute atomic E-state index is 0. The summed E-state index contributed by atoms with van der Waals surface area (Å²) >= 11 is 75.7. The third-order valence-corrected chi connectivity index (χ3v) is 5.09. The van der Waals surface area contributed by atoms with Crippen LogP contribution >= 0.6 is 269 Å². The Labute approximate surface area is 349 Å². The number of hydrogen-bond acceptors (Lipinski definition) is 0. The first-order valence-electron chi connectivity index (χ1n) is 7.07. The van der Waals surface area contributed by atoms with E-state index >= 15 is 0 Å². The van der Waals surface area contributed by atoms with Crippen molar-refractivity contribution in [2.24, 2.45) is 0 Å². The zero-order valence-corrected chi connectivity index (χ0v) is 37.5. The summed E-state index contributed by atoms with van der Waals surface area (Å²) in [7, 11) is 37.6. The van der Waals surface area contributed by atoms with Crippen molar-refractivity contribution in [3.8, 4) is 0 Å². The minimum atomic E-state index is -1.44. The Kier molecular flexibility index (Phi) is 82.4. The van der Waals surface area contributed by atoms with Crippen LogP contribution < -0.4 is 0 Å². The summed E-state index contributed by atoms with van der Waals surface area (Å²) < 4.78 is -2.15. The Hall–Kier alpha value is 7.48. The molecule has 0 aromatic heterocycles. The van der Waals surface area contributed by atoms with Gasteiger partial charge in [0, 0.05) is 51.7 Å². The van der Waals surface area contributed by atoms with Gasteiger partial charge in [0.15, 0.2) is 3.79 Å². The van der Waals surface area contributed by atoms with Gasteiger partial charge in [-0.15, -0.1) is 70.4 Å². The molecule has 0 heterocycles. The third-order valence-electron chi connectivity index (χ3n) is 1.33. The molecule has 0 radical (unpaired) electrons. The molecule has 0 aliphatic heterocycles. The molecule has 0 saturated carbocycles. The zero-order chi connectivity index (χ0) is 31.8. The van der Waals surface area contributed by atoms with Crippen LogP contribution in [0.3, 0.4) is 0 Å². The van der Waals surface area contributed by atoms with Crippen LogP contribution in [0.2, 0.25) is 0 Å².